The summed E-state index contributed by atoms with van der Waals surface area (Å²) >= 11 is 0. The van der Waals surface area contributed by atoms with Crippen molar-refractivity contribution in [2.75, 3.05) is 6.61 Å². The summed E-state index contributed by atoms with van der Waals surface area (Å²) in [5.74, 6) is -2.31. The fraction of sp³-hybridized carbons (Fsp3) is 0.360. The second-order valence-electron chi connectivity index (χ2n) is 8.40. The van der Waals surface area contributed by atoms with Crippen LogP contribution in [0.15, 0.2) is 48.5 Å². The van der Waals surface area contributed by atoms with Crippen LogP contribution < -0.4 is 10.6 Å². The number of rotatable bonds is 7. The highest BCUT2D eigenvalue weighted by Gasteiger charge is 2.33. The van der Waals surface area contributed by atoms with Crippen molar-refractivity contribution in [3.05, 3.63) is 59.7 Å². The predicted molar refractivity (Wildman–Crippen MR) is 119 cm³/mol. The number of carbonyl (C=O) groups is 3. The van der Waals surface area contributed by atoms with Crippen molar-refractivity contribution in [3.8, 4) is 17.2 Å². The minimum atomic E-state index is -1.29. The number of aliphatic carboxylic acids is 1. The highest BCUT2D eigenvalue weighted by atomic mass is 16.5. The van der Waals surface area contributed by atoms with E-state index in [2.05, 4.69) is 16.7 Å². The van der Waals surface area contributed by atoms with Crippen LogP contribution in [0, 0.1) is 17.2 Å². The van der Waals surface area contributed by atoms with Crippen LogP contribution in [0.2, 0.25) is 0 Å². The van der Waals surface area contributed by atoms with Crippen LogP contribution in [0.3, 0.4) is 0 Å². The molecule has 0 spiro atoms. The number of nitrogens with zero attached hydrogens (tertiary/aromatic N) is 1. The number of hydrogen-bond acceptors (Lipinski definition) is 5. The summed E-state index contributed by atoms with van der Waals surface area (Å²) in [6.07, 6.45) is 0.702. The zero-order valence-electron chi connectivity index (χ0n) is 18.0. The first-order valence-corrected chi connectivity index (χ1v) is 11.0. The highest BCUT2D eigenvalue weighted by Crippen LogP contribution is 2.44. The number of hydrogen-bond donors (Lipinski definition) is 3. The molecule has 8 nitrogen and oxygen atoms in total. The highest BCUT2D eigenvalue weighted by molar-refractivity contribution is 5.89. The van der Waals surface area contributed by atoms with E-state index in [1.165, 1.54) is 0 Å². The van der Waals surface area contributed by atoms with Gasteiger partial charge in [0.2, 0.25) is 5.91 Å². The number of carboxylic acids is 1. The maximum Gasteiger partial charge on any atom is 0.407 e. The second-order valence-corrected chi connectivity index (χ2v) is 8.40. The summed E-state index contributed by atoms with van der Waals surface area (Å²) in [4.78, 5) is 36.5. The summed E-state index contributed by atoms with van der Waals surface area (Å²) in [5.41, 5.74) is 4.29. The molecule has 2 aromatic rings. The van der Waals surface area contributed by atoms with Crippen molar-refractivity contribution in [3.63, 3.8) is 0 Å². The van der Waals surface area contributed by atoms with Gasteiger partial charge in [-0.1, -0.05) is 48.5 Å². The van der Waals surface area contributed by atoms with E-state index in [0.717, 1.165) is 28.7 Å². The molecule has 2 aliphatic rings. The third kappa shape index (κ3) is 4.82. The van der Waals surface area contributed by atoms with E-state index >= 15 is 0 Å². The number of carboxylic acid groups (broad SMARTS) is 1. The molecule has 0 aliphatic heterocycles. The third-order valence-electron chi connectivity index (χ3n) is 6.34. The first kappa shape index (κ1) is 22.3. The van der Waals surface area contributed by atoms with E-state index in [9.17, 15) is 24.8 Å². The van der Waals surface area contributed by atoms with Crippen molar-refractivity contribution in [2.45, 2.75) is 43.7 Å². The van der Waals surface area contributed by atoms with Gasteiger partial charge in [0.1, 0.15) is 12.6 Å². The zero-order chi connectivity index (χ0) is 23.4. The van der Waals surface area contributed by atoms with Crippen molar-refractivity contribution >= 4 is 18.0 Å². The Hall–Kier alpha value is -3.86. The second kappa shape index (κ2) is 9.74. The monoisotopic (exact) mass is 447 g/mol. The quantitative estimate of drug-likeness (QED) is 0.598. The molecule has 0 aromatic heterocycles. The van der Waals surface area contributed by atoms with E-state index in [-0.39, 0.29) is 24.5 Å². The Kier molecular flexibility index (Phi) is 6.59. The van der Waals surface area contributed by atoms with E-state index in [1.807, 2.05) is 48.5 Å². The lowest BCUT2D eigenvalue weighted by Crippen LogP contribution is -2.51. The predicted octanol–water partition coefficient (Wildman–Crippen LogP) is 3.18. The molecule has 2 aromatic carbocycles. The lowest BCUT2D eigenvalue weighted by atomic mass is 9.98. The maximum absolute atomic E-state index is 12.7. The first-order valence-electron chi connectivity index (χ1n) is 11.0. The third-order valence-corrected chi connectivity index (χ3v) is 6.34. The van der Waals surface area contributed by atoms with Crippen LogP contribution in [0.1, 0.15) is 42.7 Å². The van der Waals surface area contributed by atoms with Gasteiger partial charge in [0.25, 0.3) is 0 Å². The molecule has 1 saturated carbocycles. The summed E-state index contributed by atoms with van der Waals surface area (Å²) in [6, 6.07) is 16.4. The van der Waals surface area contributed by atoms with Crippen molar-refractivity contribution in [1.29, 1.82) is 5.26 Å². The number of amides is 2. The zero-order valence-corrected chi connectivity index (χ0v) is 18.0. The van der Waals surface area contributed by atoms with Gasteiger partial charge in [0.05, 0.1) is 18.4 Å². The fourth-order valence-corrected chi connectivity index (χ4v) is 4.74. The van der Waals surface area contributed by atoms with Gasteiger partial charge >= 0.3 is 12.1 Å². The molecule has 3 N–H and O–H groups in total. The van der Waals surface area contributed by atoms with Crippen LogP contribution in [0.4, 0.5) is 4.79 Å². The van der Waals surface area contributed by atoms with E-state index < -0.39 is 30.4 Å². The standard InChI is InChI=1S/C25H25N3O5/c26-13-15-6-5-11-21(15)27-24(31)22(12-23(29)30)28-25(32)33-14-20-18-9-3-1-7-16(18)17-8-2-4-10-19(17)20/h1-4,7-10,15,20-22H,5-6,11-12,14H2,(H,27,31)(H,28,32)(H,29,30). The van der Waals surface area contributed by atoms with Gasteiger partial charge in [-0.2, -0.15) is 5.26 Å². The Morgan fingerprint density at radius 1 is 1.06 bits per heavy atom. The Morgan fingerprint density at radius 2 is 1.70 bits per heavy atom. The van der Waals surface area contributed by atoms with Crippen LogP contribution in [0.25, 0.3) is 11.1 Å². The average molecular weight is 447 g/mol. The number of nitriles is 1. The van der Waals surface area contributed by atoms with Crippen LogP contribution in [-0.2, 0) is 14.3 Å². The van der Waals surface area contributed by atoms with Gasteiger partial charge in [-0.15, -0.1) is 0 Å². The van der Waals surface area contributed by atoms with Gasteiger partial charge in [0.15, 0.2) is 0 Å². The van der Waals surface area contributed by atoms with Crippen LogP contribution in [-0.4, -0.2) is 41.8 Å². The van der Waals surface area contributed by atoms with Crippen molar-refractivity contribution < 1.29 is 24.2 Å². The van der Waals surface area contributed by atoms with Crippen molar-refractivity contribution in [1.82, 2.24) is 10.6 Å². The van der Waals surface area contributed by atoms with Gasteiger partial charge in [-0.3, -0.25) is 9.59 Å². The molecule has 0 bridgehead atoms. The SMILES string of the molecule is N#CC1CCCC1NC(=O)C(CC(=O)O)NC(=O)OCC1c2ccccc2-c2ccccc21. The number of fused-ring (bicyclic) bond motifs is 3. The molecular formula is C25H25N3O5. The van der Waals surface area contributed by atoms with Gasteiger partial charge < -0.3 is 20.5 Å². The summed E-state index contributed by atoms with van der Waals surface area (Å²) in [6.45, 7) is 0.0560. The van der Waals surface area contributed by atoms with Gasteiger partial charge in [0, 0.05) is 12.0 Å². The number of nitrogens with one attached hydrogen (secondary N) is 2. The van der Waals surface area contributed by atoms with E-state index in [4.69, 9.17) is 4.74 Å². The molecule has 4 rings (SSSR count). The Balaban J connectivity index is 1.40. The molecule has 8 heteroatoms. The molecule has 1 fully saturated rings. The molecule has 0 heterocycles. The molecule has 3 atom stereocenters. The molecule has 0 radical (unpaired) electrons. The Labute approximate surface area is 191 Å². The van der Waals surface area contributed by atoms with Crippen LogP contribution in [0.5, 0.6) is 0 Å². The first-order chi connectivity index (χ1) is 16.0. The number of carbonyl (C=O) groups excluding carboxylic acids is 2. The average Bonchev–Trinajstić information content (AvgIpc) is 3.39. The minimum absolute atomic E-state index is 0.0560. The van der Waals surface area contributed by atoms with Crippen LogP contribution >= 0.6 is 0 Å². The summed E-state index contributed by atoms with van der Waals surface area (Å²) in [7, 11) is 0. The lowest BCUT2D eigenvalue weighted by molar-refractivity contribution is -0.140. The number of ether oxygens (including phenoxy) is 1. The van der Waals surface area contributed by atoms with Gasteiger partial charge in [-0.25, -0.2) is 4.79 Å². The number of alkyl carbamates (subject to hydrolysis) is 1. The molecule has 2 amide bonds. The summed E-state index contributed by atoms with van der Waals surface area (Å²) < 4.78 is 5.44. The molecule has 2 aliphatic carbocycles. The van der Waals surface area contributed by atoms with Gasteiger partial charge in [-0.05, 0) is 41.5 Å². The normalized spacial score (nSPS) is 19.6. The molecule has 0 saturated heterocycles. The molecule has 33 heavy (non-hydrogen) atoms. The van der Waals surface area contributed by atoms with E-state index in [1.54, 1.807) is 0 Å². The Bertz CT molecular complexity index is 1060. The fourth-order valence-electron chi connectivity index (χ4n) is 4.74. The summed E-state index contributed by atoms with van der Waals surface area (Å²) in [5, 5.41) is 23.5. The lowest BCUT2D eigenvalue weighted by Gasteiger charge is -2.22. The molecule has 3 unspecified atom stereocenters. The topological polar surface area (TPSA) is 129 Å². The largest absolute Gasteiger partial charge is 0.481 e. The molecule has 170 valence electrons. The molecular weight excluding hydrogens is 422 g/mol. The maximum atomic E-state index is 12.7. The number of benzene rings is 2. The smallest absolute Gasteiger partial charge is 0.407 e. The minimum Gasteiger partial charge on any atom is -0.481 e. The van der Waals surface area contributed by atoms with Crippen molar-refractivity contribution in [2.24, 2.45) is 5.92 Å². The van der Waals surface area contributed by atoms with E-state index in [0.29, 0.717) is 12.8 Å². The Morgan fingerprint density at radius 3 is 2.30 bits per heavy atom.